The van der Waals surface area contributed by atoms with Crippen molar-refractivity contribution >= 4 is 86.1 Å². The maximum Gasteiger partial charge on any atom is 0.345 e. The van der Waals surface area contributed by atoms with Crippen LogP contribution in [0.25, 0.3) is 61.6 Å². The van der Waals surface area contributed by atoms with E-state index in [9.17, 15) is 9.59 Å². The average molecular weight is 655 g/mol. The third-order valence-electron chi connectivity index (χ3n) is 8.87. The zero-order chi connectivity index (χ0) is 31.6. The molecule has 9 heteroatoms. The van der Waals surface area contributed by atoms with Gasteiger partial charge < -0.3 is 18.6 Å². The minimum Gasteiger partial charge on any atom is -0.422 e. The van der Waals surface area contributed by atoms with Gasteiger partial charge >= 0.3 is 11.3 Å². The second kappa shape index (κ2) is 11.5. The summed E-state index contributed by atoms with van der Waals surface area (Å²) < 4.78 is 16.3. The molecule has 7 rings (SSSR count). The highest BCUT2D eigenvalue weighted by Crippen LogP contribution is 2.48. The van der Waals surface area contributed by atoms with E-state index >= 15 is 0 Å². The van der Waals surface area contributed by atoms with Crippen LogP contribution in [0.5, 0.6) is 0 Å². The molecule has 7 aromatic rings. The zero-order valence-corrected chi connectivity index (χ0v) is 28.6. The van der Waals surface area contributed by atoms with Gasteiger partial charge in [-0.3, -0.25) is 0 Å². The van der Waals surface area contributed by atoms with Gasteiger partial charge in [0.2, 0.25) is 0 Å². The second-order valence-corrected chi connectivity index (χ2v) is 14.4. The van der Waals surface area contributed by atoms with E-state index in [1.807, 2.05) is 26.0 Å². The van der Waals surface area contributed by atoms with Crippen LogP contribution in [0.3, 0.4) is 0 Å². The molecule has 0 aliphatic heterocycles. The van der Waals surface area contributed by atoms with Crippen molar-refractivity contribution in [3.8, 4) is 20.9 Å². The fourth-order valence-electron chi connectivity index (χ4n) is 6.41. The summed E-state index contributed by atoms with van der Waals surface area (Å²) in [6, 6.07) is 16.5. The van der Waals surface area contributed by atoms with Crippen LogP contribution in [0, 0.1) is 13.8 Å². The zero-order valence-electron chi connectivity index (χ0n) is 26.2. The summed E-state index contributed by atoms with van der Waals surface area (Å²) in [5.41, 5.74) is 5.79. The Morgan fingerprint density at radius 2 is 0.978 bits per heavy atom. The van der Waals surface area contributed by atoms with Gasteiger partial charge in [0.15, 0.2) is 0 Å². The predicted molar refractivity (Wildman–Crippen MR) is 195 cm³/mol. The Balaban J connectivity index is 1.30. The first-order valence-electron chi connectivity index (χ1n) is 15.4. The second-order valence-electron chi connectivity index (χ2n) is 11.2. The summed E-state index contributed by atoms with van der Waals surface area (Å²) in [5.74, 6) is 0. The van der Waals surface area contributed by atoms with Crippen molar-refractivity contribution in [3.05, 3.63) is 80.5 Å². The Bertz CT molecular complexity index is 2200. The van der Waals surface area contributed by atoms with E-state index in [0.29, 0.717) is 22.3 Å². The molecule has 0 saturated carbocycles. The number of rotatable bonds is 8. The van der Waals surface area contributed by atoms with Crippen LogP contribution in [0.1, 0.15) is 38.8 Å². The molecule has 0 aliphatic rings. The SMILES string of the molecule is CCN(CC)c1ccc2c(C)c(-c3cc4sc5cc(-c6c(C)c7ccc(N(CC)CC)cc7oc6=O)sc5c4s3)c(=O)oc2c1. The smallest absolute Gasteiger partial charge is 0.345 e. The lowest BCUT2D eigenvalue weighted by atomic mass is 10.0. The fraction of sp³-hybridized carbons (Fsp3) is 0.278. The van der Waals surface area contributed by atoms with Gasteiger partial charge in [-0.25, -0.2) is 9.59 Å². The summed E-state index contributed by atoms with van der Waals surface area (Å²) in [4.78, 5) is 33.1. The number of fused-ring (bicyclic) bond motifs is 5. The monoisotopic (exact) mass is 654 g/mol. The van der Waals surface area contributed by atoms with Crippen molar-refractivity contribution in [3.63, 3.8) is 0 Å². The third kappa shape index (κ3) is 4.80. The first-order valence-corrected chi connectivity index (χ1v) is 17.8. The molecule has 6 nitrogen and oxygen atoms in total. The van der Waals surface area contributed by atoms with Crippen molar-refractivity contribution in [2.75, 3.05) is 36.0 Å². The maximum atomic E-state index is 13.4. The van der Waals surface area contributed by atoms with Gasteiger partial charge in [0.25, 0.3) is 0 Å². The van der Waals surface area contributed by atoms with E-state index in [0.717, 1.165) is 88.0 Å². The molecule has 0 bridgehead atoms. The summed E-state index contributed by atoms with van der Waals surface area (Å²) in [5, 5.41) is 1.90. The summed E-state index contributed by atoms with van der Waals surface area (Å²) in [6.45, 7) is 16.0. The van der Waals surface area contributed by atoms with Crippen molar-refractivity contribution in [1.82, 2.24) is 0 Å². The van der Waals surface area contributed by atoms with E-state index in [1.165, 1.54) is 0 Å². The molecule has 5 aromatic heterocycles. The molecule has 0 unspecified atom stereocenters. The average Bonchev–Trinajstić information content (AvgIpc) is 3.69. The van der Waals surface area contributed by atoms with Crippen LogP contribution in [0.15, 0.2) is 67.0 Å². The normalized spacial score (nSPS) is 11.9. The summed E-state index contributed by atoms with van der Waals surface area (Å²) in [6.07, 6.45) is 0. The van der Waals surface area contributed by atoms with Crippen molar-refractivity contribution in [1.29, 1.82) is 0 Å². The largest absolute Gasteiger partial charge is 0.422 e. The molecule has 2 aromatic carbocycles. The van der Waals surface area contributed by atoms with E-state index in [4.69, 9.17) is 8.83 Å². The number of aryl methyl sites for hydroxylation is 2. The number of hydrogen-bond acceptors (Lipinski definition) is 9. The Morgan fingerprint density at radius 3 is 1.36 bits per heavy atom. The number of nitrogens with zero attached hydrogens (tertiary/aromatic N) is 2. The third-order valence-corrected chi connectivity index (χ3v) is 12.7. The van der Waals surface area contributed by atoms with Crippen LogP contribution < -0.4 is 21.1 Å². The van der Waals surface area contributed by atoms with Gasteiger partial charge in [-0.1, -0.05) is 0 Å². The first-order chi connectivity index (χ1) is 21.8. The molecule has 0 fully saturated rings. The highest BCUT2D eigenvalue weighted by Gasteiger charge is 2.22. The summed E-state index contributed by atoms with van der Waals surface area (Å²) >= 11 is 4.91. The Morgan fingerprint density at radius 1 is 0.578 bits per heavy atom. The van der Waals surface area contributed by atoms with Gasteiger partial charge in [-0.05, 0) is 89.1 Å². The van der Waals surface area contributed by atoms with Crippen LogP contribution >= 0.6 is 34.0 Å². The number of anilines is 2. The van der Waals surface area contributed by atoms with E-state index in [1.54, 1.807) is 34.0 Å². The molecule has 0 amide bonds. The van der Waals surface area contributed by atoms with Gasteiger partial charge in [0.05, 0.1) is 20.5 Å². The van der Waals surface area contributed by atoms with Crippen LogP contribution in [0.2, 0.25) is 0 Å². The number of benzene rings is 2. The van der Waals surface area contributed by atoms with Gasteiger partial charge in [-0.15, -0.1) is 34.0 Å². The van der Waals surface area contributed by atoms with E-state index < -0.39 is 0 Å². The molecule has 0 atom stereocenters. The van der Waals surface area contributed by atoms with Crippen LogP contribution in [-0.2, 0) is 0 Å². The lowest BCUT2D eigenvalue weighted by molar-refractivity contribution is 0.562. The number of hydrogen-bond donors (Lipinski definition) is 0. The Labute approximate surface area is 272 Å². The maximum absolute atomic E-state index is 13.4. The van der Waals surface area contributed by atoms with E-state index in [-0.39, 0.29) is 11.3 Å². The quantitative estimate of drug-likeness (QED) is 0.152. The minimum absolute atomic E-state index is 0.317. The first kappa shape index (κ1) is 29.8. The van der Waals surface area contributed by atoms with E-state index in [2.05, 4.69) is 73.9 Å². The molecule has 0 aliphatic carbocycles. The topological polar surface area (TPSA) is 66.9 Å². The molecule has 45 heavy (non-hydrogen) atoms. The highest BCUT2D eigenvalue weighted by atomic mass is 32.1. The lowest BCUT2D eigenvalue weighted by Crippen LogP contribution is -2.21. The van der Waals surface area contributed by atoms with Gasteiger partial charge in [0.1, 0.15) is 11.2 Å². The fourth-order valence-corrected chi connectivity index (χ4v) is 10.6. The van der Waals surface area contributed by atoms with Crippen LogP contribution in [0.4, 0.5) is 11.4 Å². The molecule has 230 valence electrons. The molecular formula is C36H34N2O4S3. The standard InChI is InChI=1S/C36H34N2O4S3/c1-7-37(8-2)21-11-13-23-19(5)31(35(39)41-25(23)15-21)27-17-29-33(44-27)34-30(43-29)18-28(45-34)32-20(6)24-14-12-22(38(9-3)10-4)16-26(24)42-36(32)40/h11-18H,7-10H2,1-6H3. The molecule has 0 spiro atoms. The van der Waals surface area contributed by atoms with Crippen molar-refractivity contribution in [2.24, 2.45) is 0 Å². The predicted octanol–water partition coefficient (Wildman–Crippen LogP) is 10.0. The Hall–Kier alpha value is -3.92. The minimum atomic E-state index is -0.317. The highest BCUT2D eigenvalue weighted by molar-refractivity contribution is 7.40. The molecule has 0 saturated heterocycles. The molecule has 0 radical (unpaired) electrons. The van der Waals surface area contributed by atoms with Gasteiger partial charge in [0, 0.05) is 79.6 Å². The van der Waals surface area contributed by atoms with Crippen molar-refractivity contribution < 1.29 is 8.83 Å². The Kier molecular flexibility index (Phi) is 7.58. The lowest BCUT2D eigenvalue weighted by Gasteiger charge is -2.21. The van der Waals surface area contributed by atoms with Crippen molar-refractivity contribution in [2.45, 2.75) is 41.5 Å². The molecular weight excluding hydrogens is 621 g/mol. The number of thiophene rings is 3. The molecule has 0 N–H and O–H groups in total. The molecule has 5 heterocycles. The summed E-state index contributed by atoms with van der Waals surface area (Å²) in [7, 11) is 0. The van der Waals surface area contributed by atoms with Crippen LogP contribution in [-0.4, -0.2) is 26.2 Å². The van der Waals surface area contributed by atoms with Gasteiger partial charge in [-0.2, -0.15) is 0 Å².